The molecule has 0 radical (unpaired) electrons. The molecule has 0 bridgehead atoms. The third kappa shape index (κ3) is 3.37. The van der Waals surface area contributed by atoms with Crippen LogP contribution < -0.4 is 5.73 Å². The average molecular weight is 281 g/mol. The van der Waals surface area contributed by atoms with Gasteiger partial charge in [0.1, 0.15) is 0 Å². The Morgan fingerprint density at radius 3 is 2.55 bits per heavy atom. The Morgan fingerprint density at radius 2 is 1.90 bits per heavy atom. The largest absolute Gasteiger partial charge is 0.329 e. The lowest BCUT2D eigenvalue weighted by Gasteiger charge is -2.41. The summed E-state index contributed by atoms with van der Waals surface area (Å²) < 4.78 is 0. The van der Waals surface area contributed by atoms with E-state index in [2.05, 4.69) is 30.6 Å². The van der Waals surface area contributed by atoms with Gasteiger partial charge in [0.25, 0.3) is 0 Å². The molecule has 118 valence electrons. The Hall–Kier alpha value is -0.120. The standard InChI is InChI=1S/C17H35N3/c1-4-19(5-2)16-9-12-20(13-16)17(14-18)10-6-7-15(3)8-11-17/h15-16H,4-14,18H2,1-3H3. The Labute approximate surface area is 125 Å². The van der Waals surface area contributed by atoms with Gasteiger partial charge < -0.3 is 5.73 Å². The van der Waals surface area contributed by atoms with Crippen LogP contribution in [0, 0.1) is 5.92 Å². The highest BCUT2D eigenvalue weighted by molar-refractivity contribution is 4.98. The fourth-order valence-electron chi connectivity index (χ4n) is 4.42. The summed E-state index contributed by atoms with van der Waals surface area (Å²) in [5.41, 5.74) is 6.58. The molecule has 2 fully saturated rings. The van der Waals surface area contributed by atoms with Crippen molar-refractivity contribution < 1.29 is 0 Å². The summed E-state index contributed by atoms with van der Waals surface area (Å²) in [6.07, 6.45) is 8.09. The van der Waals surface area contributed by atoms with Crippen molar-refractivity contribution in [2.45, 2.75) is 70.9 Å². The van der Waals surface area contributed by atoms with Gasteiger partial charge in [-0.05, 0) is 44.7 Å². The fourth-order valence-corrected chi connectivity index (χ4v) is 4.42. The summed E-state index contributed by atoms with van der Waals surface area (Å²) in [5, 5.41) is 0. The molecule has 2 rings (SSSR count). The molecular formula is C17H35N3. The van der Waals surface area contributed by atoms with Crippen LogP contribution in [0.3, 0.4) is 0 Å². The summed E-state index contributed by atoms with van der Waals surface area (Å²) in [4.78, 5) is 5.39. The number of nitrogens with zero attached hydrogens (tertiary/aromatic N) is 2. The molecule has 20 heavy (non-hydrogen) atoms. The van der Waals surface area contributed by atoms with E-state index in [9.17, 15) is 0 Å². The highest BCUT2D eigenvalue weighted by Crippen LogP contribution is 2.36. The molecule has 0 aromatic carbocycles. The minimum atomic E-state index is 0.312. The molecule has 1 aliphatic heterocycles. The Kier molecular flexibility index (Phi) is 5.88. The minimum Gasteiger partial charge on any atom is -0.329 e. The maximum Gasteiger partial charge on any atom is 0.0332 e. The van der Waals surface area contributed by atoms with Crippen LogP contribution in [0.4, 0.5) is 0 Å². The molecule has 1 heterocycles. The first kappa shape index (κ1) is 16.3. The van der Waals surface area contributed by atoms with E-state index >= 15 is 0 Å². The van der Waals surface area contributed by atoms with Gasteiger partial charge >= 0.3 is 0 Å². The lowest BCUT2D eigenvalue weighted by molar-refractivity contribution is 0.0918. The van der Waals surface area contributed by atoms with E-state index in [0.29, 0.717) is 5.54 Å². The molecule has 2 N–H and O–H groups in total. The van der Waals surface area contributed by atoms with Crippen LogP contribution in [-0.2, 0) is 0 Å². The first-order valence-corrected chi connectivity index (χ1v) is 8.84. The van der Waals surface area contributed by atoms with Crippen molar-refractivity contribution in [3.63, 3.8) is 0 Å². The molecule has 3 nitrogen and oxygen atoms in total. The highest BCUT2D eigenvalue weighted by Gasteiger charge is 2.41. The molecule has 0 aromatic rings. The van der Waals surface area contributed by atoms with Crippen LogP contribution in [0.1, 0.15) is 59.3 Å². The molecule has 3 atom stereocenters. The molecule has 1 aliphatic carbocycles. The topological polar surface area (TPSA) is 32.5 Å². The van der Waals surface area contributed by atoms with Crippen LogP contribution in [0.15, 0.2) is 0 Å². The summed E-state index contributed by atoms with van der Waals surface area (Å²) >= 11 is 0. The second kappa shape index (κ2) is 7.24. The van der Waals surface area contributed by atoms with Gasteiger partial charge in [0.05, 0.1) is 0 Å². The number of likely N-dealkylation sites (N-methyl/N-ethyl adjacent to an activating group) is 1. The first-order valence-electron chi connectivity index (χ1n) is 8.84. The van der Waals surface area contributed by atoms with Gasteiger partial charge in [-0.2, -0.15) is 0 Å². The number of nitrogens with two attached hydrogens (primary N) is 1. The maximum absolute atomic E-state index is 6.26. The molecule has 3 unspecified atom stereocenters. The summed E-state index contributed by atoms with van der Waals surface area (Å²) in [5.74, 6) is 0.893. The molecule has 0 spiro atoms. The van der Waals surface area contributed by atoms with E-state index in [1.807, 2.05) is 0 Å². The Balaban J connectivity index is 2.01. The van der Waals surface area contributed by atoms with Crippen LogP contribution in [0.25, 0.3) is 0 Å². The molecule has 0 aromatic heterocycles. The average Bonchev–Trinajstić information content (AvgIpc) is 2.86. The van der Waals surface area contributed by atoms with E-state index < -0.39 is 0 Å². The molecule has 1 saturated heterocycles. The van der Waals surface area contributed by atoms with Crippen molar-refractivity contribution >= 4 is 0 Å². The SMILES string of the molecule is CCN(CC)C1CCN(C2(CN)CCCC(C)CC2)C1. The van der Waals surface area contributed by atoms with E-state index in [4.69, 9.17) is 5.73 Å². The lowest BCUT2D eigenvalue weighted by Crippen LogP contribution is -2.53. The van der Waals surface area contributed by atoms with Crippen molar-refractivity contribution in [2.75, 3.05) is 32.7 Å². The summed E-state index contributed by atoms with van der Waals surface area (Å²) in [6, 6.07) is 0.758. The summed E-state index contributed by atoms with van der Waals surface area (Å²) in [6.45, 7) is 12.7. The fraction of sp³-hybridized carbons (Fsp3) is 1.00. The van der Waals surface area contributed by atoms with Gasteiger partial charge in [-0.1, -0.05) is 33.6 Å². The molecule has 3 heteroatoms. The van der Waals surface area contributed by atoms with Crippen LogP contribution in [0.5, 0.6) is 0 Å². The highest BCUT2D eigenvalue weighted by atomic mass is 15.3. The van der Waals surface area contributed by atoms with Crippen LogP contribution in [-0.4, -0.2) is 54.1 Å². The zero-order chi connectivity index (χ0) is 14.6. The molecule has 0 amide bonds. The van der Waals surface area contributed by atoms with Gasteiger partial charge in [-0.3, -0.25) is 9.80 Å². The quantitative estimate of drug-likeness (QED) is 0.787. The summed E-state index contributed by atoms with van der Waals surface area (Å²) in [7, 11) is 0. The molecular weight excluding hydrogens is 246 g/mol. The van der Waals surface area contributed by atoms with E-state index in [0.717, 1.165) is 18.5 Å². The number of hydrogen-bond donors (Lipinski definition) is 1. The molecule has 1 saturated carbocycles. The normalized spacial score (nSPS) is 36.5. The van der Waals surface area contributed by atoms with Gasteiger partial charge in [-0.15, -0.1) is 0 Å². The van der Waals surface area contributed by atoms with Crippen molar-refractivity contribution in [1.29, 1.82) is 0 Å². The smallest absolute Gasteiger partial charge is 0.0332 e. The second-order valence-electron chi connectivity index (χ2n) is 7.07. The number of hydrogen-bond acceptors (Lipinski definition) is 3. The third-order valence-electron chi connectivity index (χ3n) is 5.98. The predicted molar refractivity (Wildman–Crippen MR) is 86.9 cm³/mol. The Bertz CT molecular complexity index is 290. The number of rotatable bonds is 5. The predicted octanol–water partition coefficient (Wildman–Crippen LogP) is 2.70. The minimum absolute atomic E-state index is 0.312. The number of likely N-dealkylation sites (tertiary alicyclic amines) is 1. The zero-order valence-electron chi connectivity index (χ0n) is 13.9. The Morgan fingerprint density at radius 1 is 1.15 bits per heavy atom. The van der Waals surface area contributed by atoms with Crippen molar-refractivity contribution in [3.05, 3.63) is 0 Å². The van der Waals surface area contributed by atoms with Gasteiger partial charge in [0.15, 0.2) is 0 Å². The van der Waals surface area contributed by atoms with E-state index in [1.165, 1.54) is 64.7 Å². The zero-order valence-corrected chi connectivity index (χ0v) is 13.9. The van der Waals surface area contributed by atoms with Gasteiger partial charge in [0, 0.05) is 31.2 Å². The monoisotopic (exact) mass is 281 g/mol. The maximum atomic E-state index is 6.26. The van der Waals surface area contributed by atoms with Gasteiger partial charge in [-0.25, -0.2) is 0 Å². The third-order valence-corrected chi connectivity index (χ3v) is 5.98. The molecule has 2 aliphatic rings. The van der Waals surface area contributed by atoms with Crippen molar-refractivity contribution in [2.24, 2.45) is 11.7 Å². The van der Waals surface area contributed by atoms with Gasteiger partial charge in [0.2, 0.25) is 0 Å². The van der Waals surface area contributed by atoms with Crippen LogP contribution >= 0.6 is 0 Å². The van der Waals surface area contributed by atoms with E-state index in [1.54, 1.807) is 0 Å². The van der Waals surface area contributed by atoms with Crippen LogP contribution in [0.2, 0.25) is 0 Å². The van der Waals surface area contributed by atoms with E-state index in [-0.39, 0.29) is 0 Å². The van der Waals surface area contributed by atoms with Crippen molar-refractivity contribution in [1.82, 2.24) is 9.80 Å². The lowest BCUT2D eigenvalue weighted by atomic mass is 9.88. The van der Waals surface area contributed by atoms with Crippen molar-refractivity contribution in [3.8, 4) is 0 Å². The first-order chi connectivity index (χ1) is 9.65. The second-order valence-corrected chi connectivity index (χ2v) is 7.07.